The van der Waals surface area contributed by atoms with Crippen molar-refractivity contribution in [2.24, 2.45) is 0 Å². The second-order valence-electron chi connectivity index (χ2n) is 3.32. The molecule has 0 fully saturated rings. The van der Waals surface area contributed by atoms with E-state index in [1.807, 2.05) is 20.8 Å². The van der Waals surface area contributed by atoms with Crippen LogP contribution in [0.2, 0.25) is 0 Å². The van der Waals surface area contributed by atoms with E-state index in [9.17, 15) is 9.18 Å². The van der Waals surface area contributed by atoms with Gasteiger partial charge in [-0.25, -0.2) is 4.39 Å². The minimum Gasteiger partial charge on any atom is -0.315 e. The highest BCUT2D eigenvalue weighted by atomic mass is 19.1. The van der Waals surface area contributed by atoms with Crippen LogP contribution < -0.4 is 5.56 Å². The van der Waals surface area contributed by atoms with Crippen LogP contribution in [0.5, 0.6) is 0 Å². The van der Waals surface area contributed by atoms with Gasteiger partial charge in [-0.05, 0) is 18.9 Å². The summed E-state index contributed by atoms with van der Waals surface area (Å²) in [5.41, 5.74) is 0.0712. The Morgan fingerprint density at radius 2 is 2.15 bits per heavy atom. The molecule has 0 N–H and O–H groups in total. The molecule has 0 radical (unpaired) electrons. The van der Waals surface area contributed by atoms with Gasteiger partial charge in [-0.1, -0.05) is 13.8 Å². The molecule has 13 heavy (non-hydrogen) atoms. The van der Waals surface area contributed by atoms with Crippen LogP contribution in [0.3, 0.4) is 0 Å². The van der Waals surface area contributed by atoms with Gasteiger partial charge in [0.15, 0.2) is 0 Å². The summed E-state index contributed by atoms with van der Waals surface area (Å²) in [5, 5.41) is 0. The van der Waals surface area contributed by atoms with Crippen LogP contribution in [0.4, 0.5) is 4.39 Å². The first-order valence-electron chi connectivity index (χ1n) is 4.46. The largest absolute Gasteiger partial charge is 0.315 e. The number of pyridine rings is 1. The molecule has 0 aliphatic heterocycles. The van der Waals surface area contributed by atoms with E-state index in [4.69, 9.17) is 0 Å². The summed E-state index contributed by atoms with van der Waals surface area (Å²) < 4.78 is 14.7. The molecule has 0 bridgehead atoms. The van der Waals surface area contributed by atoms with Crippen molar-refractivity contribution in [3.8, 4) is 0 Å². The number of hydrogen-bond donors (Lipinski definition) is 0. The minimum atomic E-state index is -0.398. The van der Waals surface area contributed by atoms with Gasteiger partial charge in [0.2, 0.25) is 0 Å². The number of halogens is 1. The fraction of sp³-hybridized carbons (Fsp3) is 0.500. The summed E-state index contributed by atoms with van der Waals surface area (Å²) in [6, 6.07) is 1.35. The number of aryl methyl sites for hydroxylation is 1. The van der Waals surface area contributed by atoms with E-state index in [1.165, 1.54) is 16.8 Å². The van der Waals surface area contributed by atoms with Crippen molar-refractivity contribution in [3.63, 3.8) is 0 Å². The molecule has 0 atom stereocenters. The van der Waals surface area contributed by atoms with Gasteiger partial charge in [-0.2, -0.15) is 0 Å². The molecule has 0 unspecified atom stereocenters. The molecule has 72 valence electrons. The maximum absolute atomic E-state index is 13.2. The summed E-state index contributed by atoms with van der Waals surface area (Å²) >= 11 is 0. The van der Waals surface area contributed by atoms with Crippen molar-refractivity contribution in [3.05, 3.63) is 34.0 Å². The Labute approximate surface area is 77.0 Å². The third-order valence-corrected chi connectivity index (χ3v) is 2.07. The molecule has 0 saturated carbocycles. The van der Waals surface area contributed by atoms with Crippen molar-refractivity contribution in [2.45, 2.75) is 33.2 Å². The molecule has 1 aromatic heterocycles. The second kappa shape index (κ2) is 3.73. The third kappa shape index (κ3) is 1.79. The van der Waals surface area contributed by atoms with Crippen molar-refractivity contribution >= 4 is 0 Å². The highest BCUT2D eigenvalue weighted by Crippen LogP contribution is 2.12. The molecule has 0 aliphatic rings. The van der Waals surface area contributed by atoms with Gasteiger partial charge < -0.3 is 4.57 Å². The van der Waals surface area contributed by atoms with Crippen LogP contribution >= 0.6 is 0 Å². The zero-order valence-electron chi connectivity index (χ0n) is 8.17. The zero-order valence-corrected chi connectivity index (χ0v) is 8.17. The molecule has 0 amide bonds. The van der Waals surface area contributed by atoms with Gasteiger partial charge in [0.1, 0.15) is 5.82 Å². The summed E-state index contributed by atoms with van der Waals surface area (Å²) in [5.74, 6) is -0.462. The van der Waals surface area contributed by atoms with Crippen LogP contribution in [-0.4, -0.2) is 4.57 Å². The van der Waals surface area contributed by atoms with E-state index in [1.54, 1.807) is 0 Å². The lowest BCUT2D eigenvalue weighted by Gasteiger charge is -2.09. The Bertz CT molecular complexity index is 354. The van der Waals surface area contributed by atoms with Gasteiger partial charge in [0.05, 0.1) is 5.56 Å². The predicted molar refractivity (Wildman–Crippen MR) is 50.4 cm³/mol. The van der Waals surface area contributed by atoms with Crippen LogP contribution in [0, 0.1) is 5.82 Å². The van der Waals surface area contributed by atoms with Crippen molar-refractivity contribution in [1.82, 2.24) is 4.57 Å². The van der Waals surface area contributed by atoms with Gasteiger partial charge in [0.25, 0.3) is 5.56 Å². The SMILES string of the molecule is CCn1ccc(F)c(C(C)C)c1=O. The molecule has 0 aromatic carbocycles. The lowest BCUT2D eigenvalue weighted by molar-refractivity contribution is 0.573. The van der Waals surface area contributed by atoms with Crippen molar-refractivity contribution in [1.29, 1.82) is 0 Å². The van der Waals surface area contributed by atoms with Crippen molar-refractivity contribution < 1.29 is 4.39 Å². The number of hydrogen-bond acceptors (Lipinski definition) is 1. The normalized spacial score (nSPS) is 10.8. The molecule has 1 aromatic rings. The Morgan fingerprint density at radius 3 is 2.62 bits per heavy atom. The third-order valence-electron chi connectivity index (χ3n) is 2.07. The Balaban J connectivity index is 3.39. The molecular weight excluding hydrogens is 169 g/mol. The molecular formula is C10H14FNO. The number of rotatable bonds is 2. The van der Waals surface area contributed by atoms with Crippen LogP contribution in [0.15, 0.2) is 17.1 Å². The Hall–Kier alpha value is -1.12. The van der Waals surface area contributed by atoms with E-state index >= 15 is 0 Å². The highest BCUT2D eigenvalue weighted by Gasteiger charge is 2.12. The standard InChI is InChI=1S/C10H14FNO/c1-4-12-6-5-8(11)9(7(2)3)10(12)13/h5-7H,4H2,1-3H3. The van der Waals surface area contributed by atoms with E-state index < -0.39 is 5.82 Å². The predicted octanol–water partition coefficient (Wildman–Crippen LogP) is 2.13. The fourth-order valence-corrected chi connectivity index (χ4v) is 1.34. The quantitative estimate of drug-likeness (QED) is 0.688. The molecule has 0 aliphatic carbocycles. The molecule has 0 spiro atoms. The Kier molecular flexibility index (Phi) is 2.86. The van der Waals surface area contributed by atoms with Gasteiger partial charge in [-0.3, -0.25) is 4.79 Å². The van der Waals surface area contributed by atoms with Crippen molar-refractivity contribution in [2.75, 3.05) is 0 Å². The maximum atomic E-state index is 13.2. The van der Waals surface area contributed by atoms with Gasteiger partial charge >= 0.3 is 0 Å². The first kappa shape index (κ1) is 9.96. The first-order valence-corrected chi connectivity index (χ1v) is 4.46. The first-order chi connectivity index (χ1) is 6.07. The lowest BCUT2D eigenvalue weighted by atomic mass is 10.1. The molecule has 1 rings (SSSR count). The molecule has 1 heterocycles. The average Bonchev–Trinajstić information content (AvgIpc) is 2.04. The zero-order chi connectivity index (χ0) is 10.0. The average molecular weight is 183 g/mol. The summed E-state index contributed by atoms with van der Waals surface area (Å²) in [6.07, 6.45) is 1.49. The smallest absolute Gasteiger partial charge is 0.256 e. The van der Waals surface area contributed by atoms with E-state index in [-0.39, 0.29) is 17.0 Å². The summed E-state index contributed by atoms with van der Waals surface area (Å²) in [4.78, 5) is 11.6. The number of nitrogens with zero attached hydrogens (tertiary/aromatic N) is 1. The molecule has 2 nitrogen and oxygen atoms in total. The lowest BCUT2D eigenvalue weighted by Crippen LogP contribution is -2.24. The minimum absolute atomic E-state index is 0.0634. The Morgan fingerprint density at radius 1 is 1.54 bits per heavy atom. The maximum Gasteiger partial charge on any atom is 0.256 e. The summed E-state index contributed by atoms with van der Waals surface area (Å²) in [6.45, 7) is 6.09. The van der Waals surface area contributed by atoms with Gasteiger partial charge in [-0.15, -0.1) is 0 Å². The van der Waals surface area contributed by atoms with Crippen LogP contribution in [0.1, 0.15) is 32.3 Å². The number of aromatic nitrogens is 1. The fourth-order valence-electron chi connectivity index (χ4n) is 1.34. The van der Waals surface area contributed by atoms with E-state index in [2.05, 4.69) is 0 Å². The van der Waals surface area contributed by atoms with E-state index in [0.29, 0.717) is 6.54 Å². The van der Waals surface area contributed by atoms with Gasteiger partial charge in [0, 0.05) is 12.7 Å². The molecule has 0 saturated heterocycles. The highest BCUT2D eigenvalue weighted by molar-refractivity contribution is 5.16. The summed E-state index contributed by atoms with van der Waals surface area (Å²) in [7, 11) is 0. The van der Waals surface area contributed by atoms with Crippen LogP contribution in [0.25, 0.3) is 0 Å². The topological polar surface area (TPSA) is 22.0 Å². The second-order valence-corrected chi connectivity index (χ2v) is 3.32. The van der Waals surface area contributed by atoms with Crippen LogP contribution in [-0.2, 0) is 6.54 Å². The van der Waals surface area contributed by atoms with E-state index in [0.717, 1.165) is 0 Å². The monoisotopic (exact) mass is 183 g/mol. The molecule has 3 heteroatoms.